The third kappa shape index (κ3) is 4.16. The molecule has 0 fully saturated rings. The fraction of sp³-hybridized carbons (Fsp3) is 0.238. The lowest BCUT2D eigenvalue weighted by Gasteiger charge is -2.14. The largest absolute Gasteiger partial charge is 0.451 e. The Balaban J connectivity index is 1.48. The van der Waals surface area contributed by atoms with Crippen LogP contribution >= 0.6 is 11.3 Å². The Hall–Kier alpha value is -3.33. The van der Waals surface area contributed by atoms with Crippen molar-refractivity contribution in [2.75, 3.05) is 6.61 Å². The van der Waals surface area contributed by atoms with Gasteiger partial charge in [-0.15, -0.1) is 11.3 Å². The molecule has 30 heavy (non-hydrogen) atoms. The molecule has 154 valence electrons. The number of hydrogen-bond donors (Lipinski definition) is 1. The van der Waals surface area contributed by atoms with Crippen molar-refractivity contribution in [3.8, 4) is 5.69 Å². The molecule has 0 atom stereocenters. The van der Waals surface area contributed by atoms with E-state index in [1.807, 2.05) is 0 Å². The minimum absolute atomic E-state index is 0.145. The summed E-state index contributed by atoms with van der Waals surface area (Å²) in [6, 6.07) is 9.14. The van der Waals surface area contributed by atoms with Gasteiger partial charge in [-0.2, -0.15) is 5.10 Å². The molecule has 7 nitrogen and oxygen atoms in total. The lowest BCUT2D eigenvalue weighted by Crippen LogP contribution is -2.33. The molecular formula is C21H18FN3O4S. The number of thiophene rings is 1. The van der Waals surface area contributed by atoms with Crippen molar-refractivity contribution in [1.82, 2.24) is 15.1 Å². The Morgan fingerprint density at radius 3 is 2.63 bits per heavy atom. The lowest BCUT2D eigenvalue weighted by molar-refractivity contribution is -0.123. The van der Waals surface area contributed by atoms with E-state index >= 15 is 0 Å². The maximum atomic E-state index is 13.3. The van der Waals surface area contributed by atoms with Crippen LogP contribution < -0.4 is 5.32 Å². The van der Waals surface area contributed by atoms with Gasteiger partial charge in [0.15, 0.2) is 12.3 Å². The number of esters is 1. The molecule has 1 aromatic carbocycles. The minimum atomic E-state index is -0.729. The van der Waals surface area contributed by atoms with Gasteiger partial charge >= 0.3 is 5.97 Å². The number of carbonyl (C=O) groups is 3. The number of imide groups is 1. The maximum Gasteiger partial charge on any atom is 0.359 e. The molecule has 9 heteroatoms. The zero-order valence-electron chi connectivity index (χ0n) is 15.9. The van der Waals surface area contributed by atoms with E-state index in [1.165, 1.54) is 23.5 Å². The van der Waals surface area contributed by atoms with Crippen LogP contribution in [0.2, 0.25) is 0 Å². The van der Waals surface area contributed by atoms with Crippen molar-refractivity contribution in [3.05, 3.63) is 69.4 Å². The fourth-order valence-corrected chi connectivity index (χ4v) is 4.01. The Labute approximate surface area is 175 Å². The fourth-order valence-electron chi connectivity index (χ4n) is 3.39. The van der Waals surface area contributed by atoms with Gasteiger partial charge in [0.25, 0.3) is 11.8 Å². The Bertz CT molecular complexity index is 1090. The van der Waals surface area contributed by atoms with Crippen molar-refractivity contribution in [1.29, 1.82) is 0 Å². The second kappa shape index (κ2) is 8.58. The second-order valence-corrected chi connectivity index (χ2v) is 7.75. The molecule has 0 aliphatic heterocycles. The number of nitrogens with zero attached hydrogens (tertiary/aromatic N) is 2. The predicted octanol–water partition coefficient (Wildman–Crippen LogP) is 3.07. The zero-order valence-corrected chi connectivity index (χ0v) is 16.7. The van der Waals surface area contributed by atoms with E-state index in [9.17, 15) is 18.8 Å². The molecule has 0 saturated heterocycles. The summed E-state index contributed by atoms with van der Waals surface area (Å²) >= 11 is 1.20. The van der Waals surface area contributed by atoms with Crippen molar-refractivity contribution in [3.63, 3.8) is 0 Å². The van der Waals surface area contributed by atoms with Crippen LogP contribution in [0.15, 0.2) is 41.8 Å². The summed E-state index contributed by atoms with van der Waals surface area (Å²) in [5, 5.41) is 8.30. The van der Waals surface area contributed by atoms with Crippen LogP contribution in [0.4, 0.5) is 4.39 Å². The van der Waals surface area contributed by atoms with Gasteiger partial charge in [-0.1, -0.05) is 6.07 Å². The van der Waals surface area contributed by atoms with Crippen molar-refractivity contribution < 1.29 is 23.5 Å². The normalized spacial score (nSPS) is 12.8. The number of amides is 2. The lowest BCUT2D eigenvalue weighted by atomic mass is 9.95. The minimum Gasteiger partial charge on any atom is -0.451 e. The first-order valence-corrected chi connectivity index (χ1v) is 10.3. The van der Waals surface area contributed by atoms with Gasteiger partial charge < -0.3 is 4.74 Å². The summed E-state index contributed by atoms with van der Waals surface area (Å²) in [5.74, 6) is -2.34. The van der Waals surface area contributed by atoms with Crippen LogP contribution in [0.1, 0.15) is 44.3 Å². The summed E-state index contributed by atoms with van der Waals surface area (Å²) in [5.41, 5.74) is 2.46. The van der Waals surface area contributed by atoms with E-state index < -0.39 is 24.4 Å². The highest BCUT2D eigenvalue weighted by Crippen LogP contribution is 2.27. The van der Waals surface area contributed by atoms with E-state index in [-0.39, 0.29) is 11.5 Å². The summed E-state index contributed by atoms with van der Waals surface area (Å²) in [6.45, 7) is -0.589. The molecule has 0 saturated carbocycles. The Morgan fingerprint density at radius 1 is 1.13 bits per heavy atom. The molecule has 1 N–H and O–H groups in total. The zero-order chi connectivity index (χ0) is 21.1. The van der Waals surface area contributed by atoms with Gasteiger partial charge in [0.05, 0.1) is 10.6 Å². The first kappa shape index (κ1) is 20.0. The predicted molar refractivity (Wildman–Crippen MR) is 107 cm³/mol. The van der Waals surface area contributed by atoms with Gasteiger partial charge in [-0.3, -0.25) is 14.9 Å². The number of halogens is 1. The number of hydrogen-bond acceptors (Lipinski definition) is 6. The van der Waals surface area contributed by atoms with Gasteiger partial charge in [0.1, 0.15) is 5.82 Å². The van der Waals surface area contributed by atoms with Crippen LogP contribution in [0.3, 0.4) is 0 Å². The number of aromatic nitrogens is 2. The average Bonchev–Trinajstić information content (AvgIpc) is 3.41. The van der Waals surface area contributed by atoms with Crippen LogP contribution in [-0.2, 0) is 22.4 Å². The van der Waals surface area contributed by atoms with Crippen LogP contribution in [0.5, 0.6) is 0 Å². The first-order chi connectivity index (χ1) is 14.5. The molecule has 0 radical (unpaired) electrons. The molecule has 1 aliphatic rings. The number of ether oxygens (including phenoxy) is 1. The summed E-state index contributed by atoms with van der Waals surface area (Å²) in [7, 11) is 0. The first-order valence-electron chi connectivity index (χ1n) is 9.44. The SMILES string of the molecule is O=C(COC(=O)c1nn(-c2ccc(F)cc2)c2c1CCCC2)NC(=O)c1cccs1. The van der Waals surface area contributed by atoms with Gasteiger partial charge in [-0.25, -0.2) is 13.9 Å². The highest BCUT2D eigenvalue weighted by Gasteiger charge is 2.27. The van der Waals surface area contributed by atoms with Gasteiger partial charge in [0.2, 0.25) is 0 Å². The van der Waals surface area contributed by atoms with E-state index in [0.717, 1.165) is 30.5 Å². The monoisotopic (exact) mass is 427 g/mol. The standard InChI is InChI=1S/C21H18FN3O4S/c22-13-7-9-14(10-8-13)25-16-5-2-1-4-15(16)19(24-25)21(28)29-12-18(26)23-20(27)17-6-3-11-30-17/h3,6-11H,1-2,4-5,12H2,(H,23,26,27). The van der Waals surface area contributed by atoms with Crippen LogP contribution in [-0.4, -0.2) is 34.2 Å². The molecule has 0 bridgehead atoms. The smallest absolute Gasteiger partial charge is 0.359 e. The molecule has 0 unspecified atom stereocenters. The molecular weight excluding hydrogens is 409 g/mol. The molecule has 2 heterocycles. The summed E-state index contributed by atoms with van der Waals surface area (Å²) < 4.78 is 20.0. The topological polar surface area (TPSA) is 90.3 Å². The average molecular weight is 427 g/mol. The third-order valence-electron chi connectivity index (χ3n) is 4.78. The number of rotatable bonds is 5. The summed E-state index contributed by atoms with van der Waals surface area (Å²) in [4.78, 5) is 36.9. The maximum absolute atomic E-state index is 13.3. The van der Waals surface area contributed by atoms with E-state index in [4.69, 9.17) is 4.74 Å². The van der Waals surface area contributed by atoms with Crippen LogP contribution in [0, 0.1) is 5.82 Å². The third-order valence-corrected chi connectivity index (χ3v) is 5.65. The van der Waals surface area contributed by atoms with E-state index in [2.05, 4.69) is 10.4 Å². The van der Waals surface area contributed by atoms with E-state index in [0.29, 0.717) is 17.0 Å². The molecule has 4 rings (SSSR count). The van der Waals surface area contributed by atoms with Gasteiger partial charge in [0, 0.05) is 11.3 Å². The van der Waals surface area contributed by atoms with Crippen molar-refractivity contribution in [2.45, 2.75) is 25.7 Å². The van der Waals surface area contributed by atoms with Crippen LogP contribution in [0.25, 0.3) is 5.69 Å². The highest BCUT2D eigenvalue weighted by atomic mass is 32.1. The quantitative estimate of drug-likeness (QED) is 0.632. The number of nitrogens with one attached hydrogen (secondary N) is 1. The molecule has 2 amide bonds. The molecule has 3 aromatic rings. The number of fused-ring (bicyclic) bond motifs is 1. The summed E-state index contributed by atoms with van der Waals surface area (Å²) in [6.07, 6.45) is 3.28. The molecule has 0 spiro atoms. The molecule has 1 aliphatic carbocycles. The Kier molecular flexibility index (Phi) is 5.71. The number of benzene rings is 1. The van der Waals surface area contributed by atoms with Crippen molar-refractivity contribution in [2.24, 2.45) is 0 Å². The number of carbonyl (C=O) groups excluding carboxylic acids is 3. The van der Waals surface area contributed by atoms with Gasteiger partial charge in [-0.05, 0) is 61.4 Å². The second-order valence-electron chi connectivity index (χ2n) is 6.80. The van der Waals surface area contributed by atoms with Crippen molar-refractivity contribution >= 4 is 29.1 Å². The Morgan fingerprint density at radius 2 is 1.90 bits per heavy atom. The molecule has 2 aromatic heterocycles. The highest BCUT2D eigenvalue weighted by molar-refractivity contribution is 7.12. The van der Waals surface area contributed by atoms with E-state index in [1.54, 1.807) is 34.3 Å².